The molecule has 0 aliphatic rings. The van der Waals surface area contributed by atoms with E-state index in [0.717, 1.165) is 17.8 Å². The van der Waals surface area contributed by atoms with Gasteiger partial charge in [-0.05, 0) is 31.0 Å². The standard InChI is InChI=1S/C19H28FN7O.HI/c1-3-17-26-25-13-27(17)10-9-23-19(22-4-2)24-12-15(18(21)28)11-14-5-7-16(20)8-6-14;/h5-8,13,15H,3-4,9-12H2,1-2H3,(H2,21,28)(H2,22,23,24);1H. The quantitative estimate of drug-likeness (QED) is 0.252. The third-order valence-electron chi connectivity index (χ3n) is 4.27. The monoisotopic (exact) mass is 517 g/mol. The van der Waals surface area contributed by atoms with E-state index < -0.39 is 11.8 Å². The molecule has 1 atom stereocenters. The lowest BCUT2D eigenvalue weighted by molar-refractivity contribution is -0.121. The van der Waals surface area contributed by atoms with Gasteiger partial charge in [0, 0.05) is 26.1 Å². The molecule has 2 aromatic rings. The minimum Gasteiger partial charge on any atom is -0.369 e. The predicted octanol–water partition coefficient (Wildman–Crippen LogP) is 1.50. The van der Waals surface area contributed by atoms with E-state index in [1.807, 2.05) is 18.4 Å². The summed E-state index contributed by atoms with van der Waals surface area (Å²) in [7, 11) is 0. The van der Waals surface area contributed by atoms with E-state index in [0.29, 0.717) is 32.0 Å². The normalized spacial score (nSPS) is 12.2. The van der Waals surface area contributed by atoms with E-state index in [2.05, 4.69) is 25.8 Å². The molecule has 1 heterocycles. The molecule has 4 N–H and O–H groups in total. The number of aromatic nitrogens is 3. The molecule has 1 unspecified atom stereocenters. The predicted molar refractivity (Wildman–Crippen MR) is 122 cm³/mol. The Bertz CT molecular complexity index is 779. The van der Waals surface area contributed by atoms with E-state index in [1.165, 1.54) is 12.1 Å². The first kappa shape index (κ1) is 24.8. The van der Waals surface area contributed by atoms with Crippen LogP contribution >= 0.6 is 24.0 Å². The minimum absolute atomic E-state index is 0. The molecular weight excluding hydrogens is 488 g/mol. The fraction of sp³-hybridized carbons (Fsp3) is 0.474. The molecule has 0 bridgehead atoms. The first-order valence-electron chi connectivity index (χ1n) is 9.46. The number of carbonyl (C=O) groups is 1. The number of halogens is 2. The van der Waals surface area contributed by atoms with Gasteiger partial charge in [-0.1, -0.05) is 19.1 Å². The Morgan fingerprint density at radius 3 is 2.62 bits per heavy atom. The molecule has 0 saturated carbocycles. The number of benzene rings is 1. The van der Waals surface area contributed by atoms with Crippen molar-refractivity contribution in [2.75, 3.05) is 19.6 Å². The number of hydrogen-bond acceptors (Lipinski definition) is 4. The van der Waals surface area contributed by atoms with Gasteiger partial charge in [-0.25, -0.2) is 4.39 Å². The van der Waals surface area contributed by atoms with Crippen LogP contribution in [-0.2, 0) is 24.2 Å². The van der Waals surface area contributed by atoms with Crippen molar-refractivity contribution >= 4 is 35.8 Å². The molecule has 29 heavy (non-hydrogen) atoms. The van der Waals surface area contributed by atoms with Gasteiger partial charge in [0.05, 0.1) is 12.5 Å². The first-order valence-corrected chi connectivity index (χ1v) is 9.46. The van der Waals surface area contributed by atoms with E-state index in [1.54, 1.807) is 18.5 Å². The van der Waals surface area contributed by atoms with Crippen molar-refractivity contribution in [2.24, 2.45) is 16.6 Å². The summed E-state index contributed by atoms with van der Waals surface area (Å²) in [6, 6.07) is 6.06. The van der Waals surface area contributed by atoms with Crippen LogP contribution in [0.3, 0.4) is 0 Å². The second-order valence-electron chi connectivity index (χ2n) is 6.37. The van der Waals surface area contributed by atoms with Crippen molar-refractivity contribution in [3.05, 3.63) is 47.8 Å². The van der Waals surface area contributed by atoms with Crippen LogP contribution < -0.4 is 16.4 Å². The van der Waals surface area contributed by atoms with Gasteiger partial charge in [0.1, 0.15) is 18.0 Å². The van der Waals surface area contributed by atoms with Crippen molar-refractivity contribution < 1.29 is 9.18 Å². The SMILES string of the molecule is CCNC(=NCC(Cc1ccc(F)cc1)C(N)=O)NCCn1cnnc1CC.I. The van der Waals surface area contributed by atoms with Gasteiger partial charge >= 0.3 is 0 Å². The van der Waals surface area contributed by atoms with Crippen LogP contribution in [-0.4, -0.2) is 46.3 Å². The summed E-state index contributed by atoms with van der Waals surface area (Å²) < 4.78 is 15.0. The van der Waals surface area contributed by atoms with E-state index in [9.17, 15) is 9.18 Å². The summed E-state index contributed by atoms with van der Waals surface area (Å²) >= 11 is 0. The minimum atomic E-state index is -0.467. The van der Waals surface area contributed by atoms with E-state index in [4.69, 9.17) is 5.73 Å². The number of nitrogens with one attached hydrogen (secondary N) is 2. The third kappa shape index (κ3) is 8.34. The van der Waals surface area contributed by atoms with Crippen LogP contribution in [0.25, 0.3) is 0 Å². The van der Waals surface area contributed by atoms with Crippen molar-refractivity contribution in [1.29, 1.82) is 0 Å². The molecule has 0 fully saturated rings. The molecule has 10 heteroatoms. The number of aryl methyl sites for hydroxylation is 1. The molecule has 0 saturated heterocycles. The summed E-state index contributed by atoms with van der Waals surface area (Å²) in [5.74, 6) is 0.331. The highest BCUT2D eigenvalue weighted by molar-refractivity contribution is 14.0. The van der Waals surface area contributed by atoms with Crippen molar-refractivity contribution in [3.8, 4) is 0 Å². The largest absolute Gasteiger partial charge is 0.369 e. The zero-order valence-corrected chi connectivity index (χ0v) is 19.1. The maximum Gasteiger partial charge on any atom is 0.222 e. The topological polar surface area (TPSA) is 110 Å². The van der Waals surface area contributed by atoms with Crippen molar-refractivity contribution in [1.82, 2.24) is 25.4 Å². The van der Waals surface area contributed by atoms with Gasteiger partial charge < -0.3 is 20.9 Å². The lowest BCUT2D eigenvalue weighted by atomic mass is 9.99. The van der Waals surface area contributed by atoms with E-state index >= 15 is 0 Å². The Labute approximate surface area is 187 Å². The summed E-state index contributed by atoms with van der Waals surface area (Å²) in [6.07, 6.45) is 2.94. The number of amides is 1. The number of aliphatic imine (C=N–C) groups is 1. The summed E-state index contributed by atoms with van der Waals surface area (Å²) in [6.45, 7) is 6.28. The Hall–Kier alpha value is -2.24. The van der Waals surface area contributed by atoms with Crippen molar-refractivity contribution in [3.63, 3.8) is 0 Å². The Balaban J connectivity index is 0.00000420. The number of primary amides is 1. The smallest absolute Gasteiger partial charge is 0.222 e. The Morgan fingerprint density at radius 2 is 2.00 bits per heavy atom. The summed E-state index contributed by atoms with van der Waals surface area (Å²) in [5, 5.41) is 14.4. The number of nitrogens with two attached hydrogens (primary N) is 1. The first-order chi connectivity index (χ1) is 13.5. The molecule has 1 aromatic carbocycles. The number of carbonyl (C=O) groups excluding carboxylic acids is 1. The number of guanidine groups is 1. The number of rotatable bonds is 10. The van der Waals surface area contributed by atoms with Gasteiger partial charge in [-0.15, -0.1) is 34.2 Å². The lowest BCUT2D eigenvalue weighted by Gasteiger charge is -2.15. The molecule has 0 aliphatic carbocycles. The fourth-order valence-corrected chi connectivity index (χ4v) is 2.74. The highest BCUT2D eigenvalue weighted by Crippen LogP contribution is 2.10. The van der Waals surface area contributed by atoms with Crippen LogP contribution in [0.15, 0.2) is 35.6 Å². The van der Waals surface area contributed by atoms with Crippen LogP contribution in [0.2, 0.25) is 0 Å². The average Bonchev–Trinajstić information content (AvgIpc) is 3.13. The van der Waals surface area contributed by atoms with Crippen LogP contribution in [0.5, 0.6) is 0 Å². The van der Waals surface area contributed by atoms with Gasteiger partial charge in [0.25, 0.3) is 0 Å². The zero-order valence-electron chi connectivity index (χ0n) is 16.8. The van der Waals surface area contributed by atoms with Crippen LogP contribution in [0, 0.1) is 11.7 Å². The van der Waals surface area contributed by atoms with Gasteiger partial charge in [-0.2, -0.15) is 0 Å². The fourth-order valence-electron chi connectivity index (χ4n) is 2.74. The van der Waals surface area contributed by atoms with Crippen molar-refractivity contribution in [2.45, 2.75) is 33.2 Å². The maximum absolute atomic E-state index is 13.0. The third-order valence-corrected chi connectivity index (χ3v) is 4.27. The molecule has 0 spiro atoms. The number of nitrogens with zero attached hydrogens (tertiary/aromatic N) is 4. The number of hydrogen-bond donors (Lipinski definition) is 3. The Kier molecular flexibility index (Phi) is 11.2. The molecule has 160 valence electrons. The zero-order chi connectivity index (χ0) is 20.4. The van der Waals surface area contributed by atoms with Crippen LogP contribution in [0.1, 0.15) is 25.2 Å². The highest BCUT2D eigenvalue weighted by Gasteiger charge is 2.16. The Morgan fingerprint density at radius 1 is 1.28 bits per heavy atom. The molecule has 8 nitrogen and oxygen atoms in total. The van der Waals surface area contributed by atoms with Crippen LogP contribution in [0.4, 0.5) is 4.39 Å². The summed E-state index contributed by atoms with van der Waals surface area (Å²) in [5.41, 5.74) is 6.38. The summed E-state index contributed by atoms with van der Waals surface area (Å²) in [4.78, 5) is 16.3. The van der Waals surface area contributed by atoms with Gasteiger partial charge in [-0.3, -0.25) is 9.79 Å². The maximum atomic E-state index is 13.0. The van der Waals surface area contributed by atoms with Gasteiger partial charge in [0.15, 0.2) is 5.96 Å². The second kappa shape index (κ2) is 13.1. The second-order valence-corrected chi connectivity index (χ2v) is 6.37. The lowest BCUT2D eigenvalue weighted by Crippen LogP contribution is -2.40. The molecular formula is C19H29FIN7O. The molecule has 1 amide bonds. The molecule has 0 radical (unpaired) electrons. The molecule has 1 aromatic heterocycles. The molecule has 0 aliphatic heterocycles. The van der Waals surface area contributed by atoms with E-state index in [-0.39, 0.29) is 36.3 Å². The molecule has 2 rings (SSSR count). The highest BCUT2D eigenvalue weighted by atomic mass is 127. The van der Waals surface area contributed by atoms with Gasteiger partial charge in [0.2, 0.25) is 5.91 Å². The average molecular weight is 517 g/mol.